The Balaban J connectivity index is 1.57. The molecule has 0 bridgehead atoms. The number of carbonyl (C=O) groups excluding carboxylic acids is 1. The monoisotopic (exact) mass is 621 g/mol. The van der Waals surface area contributed by atoms with Gasteiger partial charge in [0.25, 0.3) is 0 Å². The van der Waals surface area contributed by atoms with Gasteiger partial charge in [0.15, 0.2) is 6.23 Å². The number of halogens is 1. The van der Waals surface area contributed by atoms with Gasteiger partial charge in [-0.3, -0.25) is 23.9 Å². The Morgan fingerprint density at radius 1 is 1.10 bits per heavy atom. The molecule has 4 heterocycles. The summed E-state index contributed by atoms with van der Waals surface area (Å²) in [6.45, 7) is 3.84. The first kappa shape index (κ1) is 28.4. The molecule has 210 valence electrons. The third-order valence-corrected chi connectivity index (χ3v) is 10.1. The van der Waals surface area contributed by atoms with Crippen molar-refractivity contribution in [2.75, 3.05) is 65.0 Å². The standard InChI is InChI=1S/C26H33BrN5O6P/c1-35-24(33)8-7-23-26(38-39(34,31-10-14-36-15-11-31)32-12-16-37-17-13-32)30-21-6-5-19(27)18-20(21)25(29-23)22-4-2-3-9-28-22/h2-6,9,18,23,26,30H,7-8,10-17H2,1H3/t23-,26?/m0/s1. The van der Waals surface area contributed by atoms with E-state index in [0.717, 1.165) is 15.7 Å². The highest BCUT2D eigenvalue weighted by molar-refractivity contribution is 9.10. The molecule has 13 heteroatoms. The summed E-state index contributed by atoms with van der Waals surface area (Å²) in [5.74, 6) is -0.350. The largest absolute Gasteiger partial charge is 0.469 e. The summed E-state index contributed by atoms with van der Waals surface area (Å²) in [4.78, 5) is 21.9. The number of morpholine rings is 2. The van der Waals surface area contributed by atoms with Gasteiger partial charge in [0.1, 0.15) is 0 Å². The van der Waals surface area contributed by atoms with Crippen molar-refractivity contribution in [2.24, 2.45) is 4.99 Å². The number of aliphatic imine (C=N–C) groups is 1. The van der Waals surface area contributed by atoms with Crippen molar-refractivity contribution < 1.29 is 28.1 Å². The van der Waals surface area contributed by atoms with Crippen LogP contribution in [0.3, 0.4) is 0 Å². The van der Waals surface area contributed by atoms with Gasteiger partial charge in [0.2, 0.25) is 0 Å². The van der Waals surface area contributed by atoms with E-state index < -0.39 is 19.9 Å². The maximum atomic E-state index is 14.9. The van der Waals surface area contributed by atoms with Gasteiger partial charge in [0.05, 0.1) is 51.0 Å². The molecule has 5 rings (SSSR count). The zero-order chi connectivity index (χ0) is 27.2. The van der Waals surface area contributed by atoms with Crippen LogP contribution in [0.5, 0.6) is 0 Å². The molecule has 2 fully saturated rings. The number of benzene rings is 1. The number of methoxy groups -OCH3 is 1. The Labute approximate surface area is 236 Å². The lowest BCUT2D eigenvalue weighted by atomic mass is 10.0. The zero-order valence-corrected chi connectivity index (χ0v) is 24.3. The van der Waals surface area contributed by atoms with Gasteiger partial charge >= 0.3 is 13.6 Å². The van der Waals surface area contributed by atoms with Gasteiger partial charge in [-0.2, -0.15) is 0 Å². The van der Waals surface area contributed by atoms with E-state index in [1.165, 1.54) is 7.11 Å². The summed E-state index contributed by atoms with van der Waals surface area (Å²) < 4.78 is 42.2. The van der Waals surface area contributed by atoms with Crippen LogP contribution in [-0.2, 0) is 28.1 Å². The highest BCUT2D eigenvalue weighted by Crippen LogP contribution is 2.56. The van der Waals surface area contributed by atoms with Crippen molar-refractivity contribution in [1.29, 1.82) is 0 Å². The molecule has 2 saturated heterocycles. The number of rotatable bonds is 8. The summed E-state index contributed by atoms with van der Waals surface area (Å²) in [5.41, 5.74) is 2.94. The van der Waals surface area contributed by atoms with Crippen LogP contribution >= 0.6 is 23.6 Å². The van der Waals surface area contributed by atoms with Gasteiger partial charge in [0, 0.05) is 54.5 Å². The third-order valence-electron chi connectivity index (χ3n) is 6.90. The summed E-state index contributed by atoms with van der Waals surface area (Å²) in [7, 11) is -2.17. The summed E-state index contributed by atoms with van der Waals surface area (Å²) in [5, 5.41) is 3.49. The minimum atomic E-state index is -3.53. The minimum absolute atomic E-state index is 0.126. The molecule has 0 radical (unpaired) electrons. The van der Waals surface area contributed by atoms with Crippen LogP contribution in [0, 0.1) is 0 Å². The van der Waals surface area contributed by atoms with Gasteiger partial charge in [-0.25, -0.2) is 9.34 Å². The molecule has 39 heavy (non-hydrogen) atoms. The number of esters is 1. The number of pyridine rings is 1. The van der Waals surface area contributed by atoms with E-state index in [1.54, 1.807) is 6.20 Å². The number of nitrogens with one attached hydrogen (secondary N) is 1. The second-order valence-corrected chi connectivity index (χ2v) is 12.6. The maximum absolute atomic E-state index is 14.9. The topological polar surface area (TPSA) is 115 Å². The number of aromatic nitrogens is 1. The molecule has 1 aromatic carbocycles. The zero-order valence-electron chi connectivity index (χ0n) is 21.8. The molecule has 1 N–H and O–H groups in total. The first-order valence-electron chi connectivity index (χ1n) is 13.1. The number of fused-ring (bicyclic) bond motifs is 1. The lowest BCUT2D eigenvalue weighted by Crippen LogP contribution is -2.46. The number of ether oxygens (including phenoxy) is 3. The fraction of sp³-hybridized carbons (Fsp3) is 0.500. The number of hydrogen-bond donors (Lipinski definition) is 1. The molecule has 1 unspecified atom stereocenters. The lowest BCUT2D eigenvalue weighted by molar-refractivity contribution is -0.140. The van der Waals surface area contributed by atoms with Gasteiger partial charge < -0.3 is 19.5 Å². The van der Waals surface area contributed by atoms with Gasteiger partial charge in [-0.15, -0.1) is 0 Å². The number of anilines is 1. The summed E-state index contributed by atoms with van der Waals surface area (Å²) >= 11 is 3.58. The van der Waals surface area contributed by atoms with Crippen LogP contribution in [0.4, 0.5) is 5.69 Å². The van der Waals surface area contributed by atoms with E-state index in [0.29, 0.717) is 70.4 Å². The predicted molar refractivity (Wildman–Crippen MR) is 150 cm³/mol. The Morgan fingerprint density at radius 2 is 1.79 bits per heavy atom. The molecule has 3 aliphatic heterocycles. The molecule has 11 nitrogen and oxygen atoms in total. The Hall–Kier alpha value is -2.18. The van der Waals surface area contributed by atoms with Crippen LogP contribution in [-0.4, -0.2) is 98.0 Å². The molecule has 1 aromatic heterocycles. The van der Waals surface area contributed by atoms with Crippen molar-refractivity contribution in [3.05, 3.63) is 58.3 Å². The molecule has 0 saturated carbocycles. The predicted octanol–water partition coefficient (Wildman–Crippen LogP) is 3.54. The van der Waals surface area contributed by atoms with Crippen LogP contribution in [0.1, 0.15) is 24.1 Å². The average molecular weight is 622 g/mol. The van der Waals surface area contributed by atoms with Crippen molar-refractivity contribution >= 4 is 41.0 Å². The molecular weight excluding hydrogens is 589 g/mol. The second-order valence-electron chi connectivity index (χ2n) is 9.36. The third kappa shape index (κ3) is 6.59. The second kappa shape index (κ2) is 13.0. The fourth-order valence-electron chi connectivity index (χ4n) is 4.85. The van der Waals surface area contributed by atoms with Crippen molar-refractivity contribution in [1.82, 2.24) is 14.3 Å². The first-order chi connectivity index (χ1) is 19.0. The lowest BCUT2D eigenvalue weighted by Gasteiger charge is -2.43. The van der Waals surface area contributed by atoms with Gasteiger partial charge in [-0.1, -0.05) is 22.0 Å². The van der Waals surface area contributed by atoms with E-state index in [9.17, 15) is 9.36 Å². The molecule has 0 aliphatic carbocycles. The Bertz CT molecular complexity index is 1200. The normalized spacial score (nSPS) is 22.8. The number of carbonyl (C=O) groups is 1. The van der Waals surface area contributed by atoms with Crippen LogP contribution < -0.4 is 5.32 Å². The number of hydrogen-bond acceptors (Lipinski definition) is 9. The Morgan fingerprint density at radius 3 is 2.41 bits per heavy atom. The van der Waals surface area contributed by atoms with E-state index in [-0.39, 0.29) is 12.4 Å². The van der Waals surface area contributed by atoms with Crippen LogP contribution in [0.15, 0.2) is 52.1 Å². The number of benzodiazepines with no additional fused rings is 1. The van der Waals surface area contributed by atoms with Crippen molar-refractivity contribution in [2.45, 2.75) is 25.1 Å². The van der Waals surface area contributed by atoms with E-state index in [4.69, 9.17) is 23.7 Å². The average Bonchev–Trinajstić information content (AvgIpc) is 3.13. The van der Waals surface area contributed by atoms with Crippen LogP contribution in [0.25, 0.3) is 0 Å². The van der Waals surface area contributed by atoms with Crippen molar-refractivity contribution in [3.8, 4) is 0 Å². The Kier molecular flexibility index (Phi) is 9.44. The number of nitrogens with zero attached hydrogens (tertiary/aromatic N) is 4. The maximum Gasteiger partial charge on any atom is 0.348 e. The molecule has 3 aliphatic rings. The first-order valence-corrected chi connectivity index (χ1v) is 15.4. The summed E-state index contributed by atoms with van der Waals surface area (Å²) in [6, 6.07) is 10.9. The molecular formula is C26H33BrN5O6P. The minimum Gasteiger partial charge on any atom is -0.469 e. The quantitative estimate of drug-likeness (QED) is 0.347. The molecule has 2 atom stereocenters. The highest BCUT2D eigenvalue weighted by atomic mass is 79.9. The molecule has 2 aromatic rings. The van der Waals surface area contributed by atoms with Crippen LogP contribution in [0.2, 0.25) is 0 Å². The smallest absolute Gasteiger partial charge is 0.348 e. The molecule has 0 spiro atoms. The van der Waals surface area contributed by atoms with E-state index in [1.807, 2.05) is 45.7 Å². The SMILES string of the molecule is COC(=O)CC[C@@H]1N=C(c2ccccn2)c2cc(Br)ccc2NC1OP(=O)(N1CCOCC1)N1CCOCC1. The van der Waals surface area contributed by atoms with Crippen molar-refractivity contribution in [3.63, 3.8) is 0 Å². The highest BCUT2D eigenvalue weighted by Gasteiger charge is 2.44. The summed E-state index contributed by atoms with van der Waals surface area (Å²) in [6.07, 6.45) is 1.37. The van der Waals surface area contributed by atoms with E-state index >= 15 is 0 Å². The fourth-order valence-corrected chi connectivity index (χ4v) is 7.66. The van der Waals surface area contributed by atoms with Gasteiger partial charge in [-0.05, 0) is 36.8 Å². The van der Waals surface area contributed by atoms with E-state index in [2.05, 4.69) is 26.2 Å². The molecule has 0 amide bonds.